The van der Waals surface area contributed by atoms with Crippen molar-refractivity contribution < 1.29 is 27.9 Å². The smallest absolute Gasteiger partial charge is 0.368 e. The van der Waals surface area contributed by atoms with Crippen LogP contribution >= 0.6 is 23.2 Å². The lowest BCUT2D eigenvalue weighted by atomic mass is 9.82. The number of alkyl halides is 3. The molecule has 1 aromatic heterocycles. The van der Waals surface area contributed by atoms with Crippen LogP contribution < -0.4 is 4.90 Å². The molecule has 0 spiro atoms. The van der Waals surface area contributed by atoms with E-state index in [-0.39, 0.29) is 35.0 Å². The van der Waals surface area contributed by atoms with E-state index in [9.17, 15) is 27.9 Å². The molecule has 2 aliphatic heterocycles. The van der Waals surface area contributed by atoms with Crippen LogP contribution in [0.25, 0.3) is 0 Å². The second-order valence-electron chi connectivity index (χ2n) is 11.3. The van der Waals surface area contributed by atoms with E-state index in [2.05, 4.69) is 9.88 Å². The number of pyridine rings is 1. The third-order valence-electron chi connectivity index (χ3n) is 8.21. The van der Waals surface area contributed by atoms with Crippen LogP contribution in [0.5, 0.6) is 0 Å². The fraction of sp³-hybridized carbons (Fsp3) is 0.552. The van der Waals surface area contributed by atoms with Crippen molar-refractivity contribution in [3.63, 3.8) is 0 Å². The maximum Gasteiger partial charge on any atom is 0.430 e. The molecule has 0 unspecified atom stereocenters. The van der Waals surface area contributed by atoms with Crippen molar-refractivity contribution in [1.82, 2.24) is 14.8 Å². The summed E-state index contributed by atoms with van der Waals surface area (Å²) in [7, 11) is 3.42. The van der Waals surface area contributed by atoms with Crippen molar-refractivity contribution in [2.75, 3.05) is 45.2 Å². The molecule has 7 nitrogen and oxygen atoms in total. The lowest BCUT2D eigenvalue weighted by molar-refractivity contribution is -0.262. The summed E-state index contributed by atoms with van der Waals surface area (Å²) in [6.07, 6.45) is -1.26. The first-order valence-corrected chi connectivity index (χ1v) is 14.5. The number of benzene rings is 1. The van der Waals surface area contributed by atoms with Gasteiger partial charge in [0.15, 0.2) is 0 Å². The summed E-state index contributed by atoms with van der Waals surface area (Å²) in [5, 5.41) is 10.6. The van der Waals surface area contributed by atoms with Crippen LogP contribution in [0.15, 0.2) is 30.3 Å². The van der Waals surface area contributed by atoms with Crippen LogP contribution in [0.4, 0.5) is 19.0 Å². The SMILES string of the molecule is Cc1nc(N2CCC(CC3CCN(C(=O)[C@](O)(c4cc(Cl)cc(Cl)c4)C(F)(F)F)CC3)CC2)ccc1C(=O)N(C)C. The number of rotatable bonds is 6. The lowest BCUT2D eigenvalue weighted by Crippen LogP contribution is -2.57. The number of halogens is 5. The molecule has 1 N–H and O–H groups in total. The second kappa shape index (κ2) is 12.4. The number of carbonyl (C=O) groups is 2. The molecular formula is C29H35Cl2F3N4O3. The van der Waals surface area contributed by atoms with Crippen LogP contribution in [0.3, 0.4) is 0 Å². The van der Waals surface area contributed by atoms with Gasteiger partial charge in [-0.3, -0.25) is 9.59 Å². The van der Waals surface area contributed by atoms with Crippen LogP contribution in [0.1, 0.15) is 53.7 Å². The number of hydrogen-bond donors (Lipinski definition) is 1. The first kappa shape index (κ1) is 31.4. The average molecular weight is 616 g/mol. The largest absolute Gasteiger partial charge is 0.430 e. The average Bonchev–Trinajstić information content (AvgIpc) is 2.91. The molecule has 1 atom stereocenters. The number of hydrogen-bond acceptors (Lipinski definition) is 5. The zero-order valence-corrected chi connectivity index (χ0v) is 24.9. The molecule has 2 aromatic rings. The van der Waals surface area contributed by atoms with E-state index in [0.29, 0.717) is 30.0 Å². The predicted octanol–water partition coefficient (Wildman–Crippen LogP) is 5.69. The Morgan fingerprint density at radius 1 is 0.976 bits per heavy atom. The Kier molecular flexibility index (Phi) is 9.45. The van der Waals surface area contributed by atoms with Crippen LogP contribution in [-0.4, -0.2) is 78.2 Å². The highest BCUT2D eigenvalue weighted by Gasteiger charge is 2.62. The van der Waals surface area contributed by atoms with E-state index >= 15 is 0 Å². The third-order valence-corrected chi connectivity index (χ3v) is 8.65. The Morgan fingerprint density at radius 2 is 1.51 bits per heavy atom. The maximum absolute atomic E-state index is 14.1. The normalized spacial score (nSPS) is 18.8. The number of amides is 2. The molecule has 4 rings (SSSR count). The van der Waals surface area contributed by atoms with E-state index in [1.54, 1.807) is 14.1 Å². The molecule has 0 radical (unpaired) electrons. The monoisotopic (exact) mass is 614 g/mol. The van der Waals surface area contributed by atoms with Gasteiger partial charge in [-0.05, 0) is 81.2 Å². The molecule has 0 saturated carbocycles. The molecule has 3 heterocycles. The van der Waals surface area contributed by atoms with Gasteiger partial charge in [0.05, 0.1) is 11.3 Å². The van der Waals surface area contributed by atoms with Gasteiger partial charge in [-0.25, -0.2) is 4.98 Å². The van der Waals surface area contributed by atoms with Gasteiger partial charge >= 0.3 is 6.18 Å². The zero-order valence-electron chi connectivity index (χ0n) is 23.3. The van der Waals surface area contributed by atoms with Gasteiger partial charge in [0.1, 0.15) is 5.82 Å². The Balaban J connectivity index is 1.32. The number of aliphatic hydroxyl groups is 1. The number of nitrogens with zero attached hydrogens (tertiary/aromatic N) is 4. The number of likely N-dealkylation sites (tertiary alicyclic amines) is 1. The molecule has 2 saturated heterocycles. The van der Waals surface area contributed by atoms with Gasteiger partial charge in [-0.15, -0.1) is 0 Å². The maximum atomic E-state index is 14.1. The van der Waals surface area contributed by atoms with Gasteiger partial charge in [0.25, 0.3) is 17.4 Å². The van der Waals surface area contributed by atoms with Crippen LogP contribution in [0.2, 0.25) is 10.0 Å². The highest BCUT2D eigenvalue weighted by Crippen LogP contribution is 2.43. The first-order valence-electron chi connectivity index (χ1n) is 13.7. The Bertz CT molecular complexity index is 1260. The highest BCUT2D eigenvalue weighted by molar-refractivity contribution is 6.34. The molecule has 0 bridgehead atoms. The van der Waals surface area contributed by atoms with Crippen molar-refractivity contribution in [1.29, 1.82) is 0 Å². The molecule has 2 fully saturated rings. The van der Waals surface area contributed by atoms with Gasteiger partial charge in [-0.1, -0.05) is 23.2 Å². The second-order valence-corrected chi connectivity index (χ2v) is 12.1. The molecule has 2 amide bonds. The minimum atomic E-state index is -5.25. The van der Waals surface area contributed by atoms with Crippen LogP contribution in [-0.2, 0) is 10.4 Å². The zero-order chi connectivity index (χ0) is 30.1. The first-order chi connectivity index (χ1) is 19.2. The van der Waals surface area contributed by atoms with Gasteiger partial charge < -0.3 is 19.8 Å². The Morgan fingerprint density at radius 3 is 2.00 bits per heavy atom. The number of aromatic nitrogens is 1. The summed E-state index contributed by atoms with van der Waals surface area (Å²) in [4.78, 5) is 34.9. The molecule has 2 aliphatic rings. The van der Waals surface area contributed by atoms with Gasteiger partial charge in [0, 0.05) is 55.9 Å². The number of anilines is 1. The Hall–Kier alpha value is -2.56. The lowest BCUT2D eigenvalue weighted by Gasteiger charge is -2.40. The minimum Gasteiger partial charge on any atom is -0.368 e. The topological polar surface area (TPSA) is 77.0 Å². The third kappa shape index (κ3) is 6.75. The Labute approximate surface area is 248 Å². The fourth-order valence-electron chi connectivity index (χ4n) is 5.83. The van der Waals surface area contributed by atoms with Crippen molar-refractivity contribution in [2.45, 2.75) is 50.8 Å². The molecule has 12 heteroatoms. The summed E-state index contributed by atoms with van der Waals surface area (Å²) in [6, 6.07) is 6.79. The number of carbonyl (C=O) groups excluding carboxylic acids is 2. The molecular weight excluding hydrogens is 580 g/mol. The van der Waals surface area contributed by atoms with E-state index in [1.807, 2.05) is 19.1 Å². The van der Waals surface area contributed by atoms with Gasteiger partial charge in [0.2, 0.25) is 0 Å². The van der Waals surface area contributed by atoms with E-state index in [0.717, 1.165) is 55.2 Å². The molecule has 0 aliphatic carbocycles. The summed E-state index contributed by atoms with van der Waals surface area (Å²) >= 11 is 11.8. The quantitative estimate of drug-likeness (QED) is 0.452. The van der Waals surface area contributed by atoms with Crippen molar-refractivity contribution in [2.24, 2.45) is 11.8 Å². The van der Waals surface area contributed by atoms with Crippen molar-refractivity contribution in [3.8, 4) is 0 Å². The molecule has 41 heavy (non-hydrogen) atoms. The number of piperidine rings is 2. The fourth-order valence-corrected chi connectivity index (χ4v) is 6.36. The summed E-state index contributed by atoms with van der Waals surface area (Å²) < 4.78 is 42.3. The van der Waals surface area contributed by atoms with Crippen molar-refractivity contribution >= 4 is 40.8 Å². The summed E-state index contributed by atoms with van der Waals surface area (Å²) in [5.74, 6) is 0.115. The van der Waals surface area contributed by atoms with Crippen LogP contribution in [0, 0.1) is 18.8 Å². The highest BCUT2D eigenvalue weighted by atomic mass is 35.5. The number of aryl methyl sites for hydroxylation is 1. The van der Waals surface area contributed by atoms with E-state index in [1.165, 1.54) is 11.0 Å². The summed E-state index contributed by atoms with van der Waals surface area (Å²) in [5.41, 5.74) is -3.14. The summed E-state index contributed by atoms with van der Waals surface area (Å²) in [6.45, 7) is 3.77. The van der Waals surface area contributed by atoms with E-state index < -0.39 is 23.2 Å². The minimum absolute atomic E-state index is 0.0787. The molecule has 1 aromatic carbocycles. The standard InChI is InChI=1S/C29H35Cl2F3N4O3/c1-18-24(26(39)36(2)3)4-5-25(35-18)37-10-6-19(7-11-37)14-20-8-12-38(13-9-20)27(40)28(41,29(32,33)34)21-15-22(30)17-23(31)16-21/h4-5,15-17,19-20,41H,6-14H2,1-3H3/t28-/m1/s1. The molecule has 224 valence electrons. The van der Waals surface area contributed by atoms with Gasteiger partial charge in [-0.2, -0.15) is 13.2 Å². The van der Waals surface area contributed by atoms with Crippen molar-refractivity contribution in [3.05, 3.63) is 57.2 Å². The van der Waals surface area contributed by atoms with E-state index in [4.69, 9.17) is 23.2 Å². The predicted molar refractivity (Wildman–Crippen MR) is 152 cm³/mol.